The van der Waals surface area contributed by atoms with E-state index in [1.807, 2.05) is 25.1 Å². The number of esters is 1. The summed E-state index contributed by atoms with van der Waals surface area (Å²) < 4.78 is 4.93. The van der Waals surface area contributed by atoms with Crippen LogP contribution in [0.4, 0.5) is 4.79 Å². The number of imide groups is 2. The van der Waals surface area contributed by atoms with Gasteiger partial charge in [-0.2, -0.15) is 0 Å². The van der Waals surface area contributed by atoms with Crippen molar-refractivity contribution in [1.29, 1.82) is 0 Å². The van der Waals surface area contributed by atoms with E-state index in [9.17, 15) is 19.2 Å². The lowest BCUT2D eigenvalue weighted by Crippen LogP contribution is -2.46. The number of methoxy groups -OCH3 is 1. The first-order valence-electron chi connectivity index (χ1n) is 10.5. The normalized spacial score (nSPS) is 21.8. The molecule has 0 N–H and O–H groups in total. The van der Waals surface area contributed by atoms with Gasteiger partial charge < -0.3 is 4.74 Å². The van der Waals surface area contributed by atoms with Gasteiger partial charge in [0.05, 0.1) is 30.4 Å². The summed E-state index contributed by atoms with van der Waals surface area (Å²) in [5, 5.41) is 0.777. The molecule has 1 saturated heterocycles. The smallest absolute Gasteiger partial charge is 0.340 e. The number of aryl methyl sites for hydroxylation is 1. The number of nitrogens with zero attached hydrogens (tertiary/aromatic N) is 3. The number of fused-ring (bicyclic) bond motifs is 1. The number of aromatic nitrogens is 1. The maximum Gasteiger partial charge on any atom is 0.340 e. The van der Waals surface area contributed by atoms with Crippen LogP contribution in [0.3, 0.4) is 0 Å². The molecule has 1 aromatic carbocycles. The molecule has 4 rings (SSSR count). The van der Waals surface area contributed by atoms with Crippen LogP contribution in [0.25, 0.3) is 10.9 Å². The van der Waals surface area contributed by atoms with E-state index < -0.39 is 23.8 Å². The highest BCUT2D eigenvalue weighted by atomic mass is 16.5. The van der Waals surface area contributed by atoms with Crippen molar-refractivity contribution in [3.63, 3.8) is 0 Å². The molecular weight excluding hydrogens is 398 g/mol. The zero-order valence-corrected chi connectivity index (χ0v) is 17.9. The summed E-state index contributed by atoms with van der Waals surface area (Å²) in [6.45, 7) is 3.51. The number of ether oxygens (including phenoxy) is 1. The summed E-state index contributed by atoms with van der Waals surface area (Å²) in [4.78, 5) is 57.7. The summed E-state index contributed by atoms with van der Waals surface area (Å²) in [6, 6.07) is 6.37. The zero-order valence-electron chi connectivity index (χ0n) is 17.9. The molecule has 2 heterocycles. The zero-order chi connectivity index (χ0) is 22.3. The minimum Gasteiger partial charge on any atom is -0.465 e. The van der Waals surface area contributed by atoms with Crippen molar-refractivity contribution in [2.24, 2.45) is 5.92 Å². The summed E-state index contributed by atoms with van der Waals surface area (Å²) >= 11 is 0. The Morgan fingerprint density at radius 1 is 1.13 bits per heavy atom. The van der Waals surface area contributed by atoms with Crippen LogP contribution in [0.2, 0.25) is 0 Å². The lowest BCUT2D eigenvalue weighted by Gasteiger charge is -2.34. The second kappa shape index (κ2) is 8.09. The first-order valence-corrected chi connectivity index (χ1v) is 10.5. The Morgan fingerprint density at radius 3 is 2.55 bits per heavy atom. The van der Waals surface area contributed by atoms with Crippen LogP contribution in [0.1, 0.15) is 54.2 Å². The predicted molar refractivity (Wildman–Crippen MR) is 112 cm³/mol. The quantitative estimate of drug-likeness (QED) is 0.426. The number of hydrogen-bond donors (Lipinski definition) is 0. The Bertz CT molecular complexity index is 1100. The standard InChI is InChI=1S/C23H25N3O5/c1-13-8-4-7-11-18(13)26-21(28)20(27)25(23(26)30)12-17-19(22(29)31-3)14(2)15-9-5-6-10-16(15)24-17/h5-6,9-10,13,18H,4,7-8,11-12H2,1-3H3/t13-,18+/m1/s1. The number of carbonyl (C=O) groups excluding carboxylic acids is 4. The third-order valence-electron chi connectivity index (χ3n) is 6.41. The average Bonchev–Trinajstić information content (AvgIpc) is 2.97. The highest BCUT2D eigenvalue weighted by molar-refractivity contribution is 6.44. The first-order chi connectivity index (χ1) is 14.8. The lowest BCUT2D eigenvalue weighted by atomic mass is 9.85. The monoisotopic (exact) mass is 423 g/mol. The van der Waals surface area contributed by atoms with Gasteiger partial charge in [-0.1, -0.05) is 38.0 Å². The van der Waals surface area contributed by atoms with Crippen LogP contribution < -0.4 is 0 Å². The fourth-order valence-electron chi connectivity index (χ4n) is 4.71. The molecule has 2 fully saturated rings. The molecule has 1 aliphatic carbocycles. The van der Waals surface area contributed by atoms with Gasteiger partial charge in [-0.05, 0) is 37.3 Å². The Kier molecular flexibility index (Phi) is 5.47. The maximum atomic E-state index is 13.1. The molecule has 31 heavy (non-hydrogen) atoms. The van der Waals surface area contributed by atoms with Crippen LogP contribution in [0, 0.1) is 12.8 Å². The third-order valence-corrected chi connectivity index (χ3v) is 6.41. The van der Waals surface area contributed by atoms with Gasteiger partial charge in [0, 0.05) is 11.4 Å². The molecule has 2 aromatic rings. The molecule has 8 heteroatoms. The molecule has 2 aliphatic rings. The number of hydrogen-bond acceptors (Lipinski definition) is 6. The van der Waals surface area contributed by atoms with E-state index in [1.54, 1.807) is 13.0 Å². The fraction of sp³-hybridized carbons (Fsp3) is 0.435. The highest BCUT2D eigenvalue weighted by Crippen LogP contribution is 2.32. The number of amides is 4. The van der Waals surface area contributed by atoms with Gasteiger partial charge in [-0.25, -0.2) is 19.5 Å². The van der Waals surface area contributed by atoms with Gasteiger partial charge in [0.15, 0.2) is 0 Å². The molecule has 1 saturated carbocycles. The first kappa shape index (κ1) is 21.0. The van der Waals surface area contributed by atoms with E-state index in [2.05, 4.69) is 4.98 Å². The Hall–Kier alpha value is -3.29. The number of para-hydroxylation sites is 1. The molecule has 2 atom stereocenters. The number of urea groups is 1. The molecule has 0 spiro atoms. The molecule has 8 nitrogen and oxygen atoms in total. The van der Waals surface area contributed by atoms with Gasteiger partial charge >= 0.3 is 23.8 Å². The Labute approximate surface area is 180 Å². The van der Waals surface area contributed by atoms with Crippen molar-refractivity contribution in [3.05, 3.63) is 41.1 Å². The second-order valence-corrected chi connectivity index (χ2v) is 8.25. The molecule has 162 valence electrons. The summed E-state index contributed by atoms with van der Waals surface area (Å²) in [7, 11) is 1.27. The van der Waals surface area contributed by atoms with Crippen molar-refractivity contribution in [2.75, 3.05) is 7.11 Å². The third kappa shape index (κ3) is 3.45. The highest BCUT2D eigenvalue weighted by Gasteiger charge is 2.49. The van der Waals surface area contributed by atoms with Crippen molar-refractivity contribution in [3.8, 4) is 0 Å². The van der Waals surface area contributed by atoms with E-state index in [1.165, 1.54) is 7.11 Å². The Morgan fingerprint density at radius 2 is 1.84 bits per heavy atom. The summed E-state index contributed by atoms with van der Waals surface area (Å²) in [5.41, 5.74) is 1.72. The summed E-state index contributed by atoms with van der Waals surface area (Å²) in [5.74, 6) is -2.15. The van der Waals surface area contributed by atoms with Crippen molar-refractivity contribution < 1.29 is 23.9 Å². The molecule has 0 bridgehead atoms. The van der Waals surface area contributed by atoms with E-state index in [0.29, 0.717) is 17.5 Å². The fourth-order valence-corrected chi connectivity index (χ4v) is 4.71. The van der Waals surface area contributed by atoms with Gasteiger partial charge in [0.2, 0.25) is 0 Å². The van der Waals surface area contributed by atoms with E-state index in [4.69, 9.17) is 4.74 Å². The van der Waals surface area contributed by atoms with Crippen molar-refractivity contribution in [1.82, 2.24) is 14.8 Å². The minimum absolute atomic E-state index is 0.140. The second-order valence-electron chi connectivity index (χ2n) is 8.25. The molecule has 1 aliphatic heterocycles. The van der Waals surface area contributed by atoms with Crippen LogP contribution in [-0.2, 0) is 20.9 Å². The largest absolute Gasteiger partial charge is 0.465 e. The van der Waals surface area contributed by atoms with E-state index >= 15 is 0 Å². The molecule has 4 amide bonds. The summed E-state index contributed by atoms with van der Waals surface area (Å²) in [6.07, 6.45) is 3.57. The van der Waals surface area contributed by atoms with Crippen molar-refractivity contribution >= 4 is 34.7 Å². The van der Waals surface area contributed by atoms with Crippen LogP contribution in [0.5, 0.6) is 0 Å². The minimum atomic E-state index is -0.883. The van der Waals surface area contributed by atoms with Gasteiger partial charge in [-0.15, -0.1) is 0 Å². The SMILES string of the molecule is COC(=O)c1c(CN2C(=O)C(=O)N([C@H]3CCCC[C@H]3C)C2=O)nc2ccccc2c1C. The van der Waals surface area contributed by atoms with Gasteiger partial charge in [-0.3, -0.25) is 14.5 Å². The van der Waals surface area contributed by atoms with Crippen LogP contribution >= 0.6 is 0 Å². The van der Waals surface area contributed by atoms with E-state index in [-0.39, 0.29) is 29.8 Å². The Balaban J connectivity index is 1.73. The number of carbonyl (C=O) groups is 4. The van der Waals surface area contributed by atoms with Crippen LogP contribution in [0.15, 0.2) is 24.3 Å². The number of pyridine rings is 1. The maximum absolute atomic E-state index is 13.1. The number of rotatable bonds is 4. The topological polar surface area (TPSA) is 96.9 Å². The van der Waals surface area contributed by atoms with Crippen LogP contribution in [-0.4, -0.2) is 51.8 Å². The lowest BCUT2D eigenvalue weighted by molar-refractivity contribution is -0.144. The van der Waals surface area contributed by atoms with Gasteiger partial charge in [0.25, 0.3) is 0 Å². The number of benzene rings is 1. The van der Waals surface area contributed by atoms with E-state index in [0.717, 1.165) is 34.4 Å². The molecule has 1 aromatic heterocycles. The molecule has 0 unspecified atom stereocenters. The predicted octanol–water partition coefficient (Wildman–Crippen LogP) is 3.20. The average molecular weight is 423 g/mol. The molecular formula is C23H25N3O5. The molecule has 0 radical (unpaired) electrons. The van der Waals surface area contributed by atoms with Crippen molar-refractivity contribution in [2.45, 2.75) is 52.1 Å². The van der Waals surface area contributed by atoms with Gasteiger partial charge in [0.1, 0.15) is 0 Å².